The average molecular weight is 480 g/mol. The third kappa shape index (κ3) is 4.86. The number of hydrogen-bond donors (Lipinski definition) is 2. The van der Waals surface area contributed by atoms with Crippen LogP contribution in [0.5, 0.6) is 11.5 Å². The fraction of sp³-hybridized carbons (Fsp3) is 0.0833. The van der Waals surface area contributed by atoms with Gasteiger partial charge < -0.3 is 19.2 Å². The van der Waals surface area contributed by atoms with E-state index in [1.54, 1.807) is 66.7 Å². The molecule has 9 nitrogen and oxygen atoms in total. The van der Waals surface area contributed by atoms with Crippen LogP contribution in [-0.4, -0.2) is 28.5 Å². The SMILES string of the molecule is COc1ccc(NC(=O)c2cc3ccccc3o/c2=N/NS(=O)(=O)c2ccccc2)c(OC)c1. The molecule has 2 N–H and O–H groups in total. The second-order valence-electron chi connectivity index (χ2n) is 7.04. The number of nitrogens with zero attached hydrogens (tertiary/aromatic N) is 1. The van der Waals surface area contributed by atoms with Crippen molar-refractivity contribution < 1.29 is 27.1 Å². The summed E-state index contributed by atoms with van der Waals surface area (Å²) in [5.74, 6) is 0.367. The molecule has 4 rings (SSSR count). The molecule has 0 atom stereocenters. The number of methoxy groups -OCH3 is 2. The molecule has 0 bridgehead atoms. The van der Waals surface area contributed by atoms with E-state index in [-0.39, 0.29) is 16.0 Å². The predicted molar refractivity (Wildman–Crippen MR) is 126 cm³/mol. The summed E-state index contributed by atoms with van der Waals surface area (Å²) in [6, 6.07) is 21.2. The van der Waals surface area contributed by atoms with E-state index in [1.165, 1.54) is 26.4 Å². The Kier molecular flexibility index (Phi) is 6.51. The van der Waals surface area contributed by atoms with E-state index in [0.29, 0.717) is 28.2 Å². The summed E-state index contributed by atoms with van der Waals surface area (Å²) < 4.78 is 41.5. The largest absolute Gasteiger partial charge is 0.497 e. The summed E-state index contributed by atoms with van der Waals surface area (Å²) >= 11 is 0. The number of carbonyl (C=O) groups is 1. The van der Waals surface area contributed by atoms with Crippen LogP contribution in [0.25, 0.3) is 11.0 Å². The molecule has 0 aliphatic carbocycles. The van der Waals surface area contributed by atoms with Gasteiger partial charge in [-0.1, -0.05) is 36.4 Å². The van der Waals surface area contributed by atoms with Crippen LogP contribution in [0.2, 0.25) is 0 Å². The minimum absolute atomic E-state index is 0.0207. The summed E-state index contributed by atoms with van der Waals surface area (Å²) in [5, 5.41) is 7.30. The van der Waals surface area contributed by atoms with Crippen LogP contribution < -0.4 is 25.2 Å². The van der Waals surface area contributed by atoms with E-state index < -0.39 is 15.9 Å². The van der Waals surface area contributed by atoms with Gasteiger partial charge in [0.1, 0.15) is 22.6 Å². The van der Waals surface area contributed by atoms with Gasteiger partial charge in [-0.05, 0) is 36.4 Å². The van der Waals surface area contributed by atoms with Crippen LogP contribution in [0, 0.1) is 0 Å². The van der Waals surface area contributed by atoms with E-state index in [0.717, 1.165) is 0 Å². The summed E-state index contributed by atoms with van der Waals surface area (Å²) in [5.41, 5.74) is 0.631. The summed E-state index contributed by atoms with van der Waals surface area (Å²) in [7, 11) is -0.985. The lowest BCUT2D eigenvalue weighted by atomic mass is 10.1. The predicted octanol–water partition coefficient (Wildman–Crippen LogP) is 3.50. The molecule has 0 aliphatic rings. The molecule has 1 amide bonds. The van der Waals surface area contributed by atoms with Crippen LogP contribution in [-0.2, 0) is 10.0 Å². The number of benzene rings is 3. The second-order valence-corrected chi connectivity index (χ2v) is 8.70. The third-order valence-electron chi connectivity index (χ3n) is 4.88. The Balaban J connectivity index is 1.75. The van der Waals surface area contributed by atoms with Crippen molar-refractivity contribution in [2.24, 2.45) is 5.10 Å². The van der Waals surface area contributed by atoms with Gasteiger partial charge in [-0.25, -0.2) is 0 Å². The normalized spacial score (nSPS) is 11.8. The standard InChI is InChI=1S/C24H21N3O6S/c1-31-17-12-13-20(22(15-17)32-2)25-23(28)19-14-16-8-6-7-11-21(16)33-24(19)26-27-34(29,30)18-9-4-3-5-10-18/h3-15,27H,1-2H3,(H,25,28)/b26-24+. The maximum absolute atomic E-state index is 13.2. The van der Waals surface area contributed by atoms with Crippen molar-refractivity contribution in [2.75, 3.05) is 19.5 Å². The Morgan fingerprint density at radius 2 is 1.65 bits per heavy atom. The number of rotatable bonds is 7. The van der Waals surface area contributed by atoms with Gasteiger partial charge in [0, 0.05) is 11.5 Å². The quantitative estimate of drug-likeness (QED) is 0.392. The van der Waals surface area contributed by atoms with Gasteiger partial charge in [0.25, 0.3) is 15.9 Å². The van der Waals surface area contributed by atoms with Crippen LogP contribution in [0.1, 0.15) is 10.4 Å². The Bertz CT molecular complexity index is 1520. The van der Waals surface area contributed by atoms with Crippen molar-refractivity contribution in [3.05, 3.63) is 90.0 Å². The highest BCUT2D eigenvalue weighted by Gasteiger charge is 2.17. The lowest BCUT2D eigenvalue weighted by molar-refractivity contribution is 0.102. The maximum Gasteiger partial charge on any atom is 0.276 e. The molecule has 0 spiro atoms. The van der Waals surface area contributed by atoms with Crippen LogP contribution in [0.3, 0.4) is 0 Å². The second kappa shape index (κ2) is 9.67. The zero-order chi connectivity index (χ0) is 24.1. The van der Waals surface area contributed by atoms with Crippen molar-refractivity contribution in [1.29, 1.82) is 0 Å². The molecule has 0 unspecified atom stereocenters. The van der Waals surface area contributed by atoms with E-state index in [4.69, 9.17) is 13.9 Å². The Hall–Kier alpha value is -4.31. The van der Waals surface area contributed by atoms with Crippen molar-refractivity contribution in [2.45, 2.75) is 4.90 Å². The molecule has 0 saturated heterocycles. The molecule has 0 radical (unpaired) electrons. The highest BCUT2D eigenvalue weighted by molar-refractivity contribution is 7.89. The average Bonchev–Trinajstić information content (AvgIpc) is 2.87. The molecule has 0 fully saturated rings. The maximum atomic E-state index is 13.2. The number of nitrogens with one attached hydrogen (secondary N) is 2. The number of anilines is 1. The third-order valence-corrected chi connectivity index (χ3v) is 6.10. The molecule has 3 aromatic carbocycles. The first-order valence-corrected chi connectivity index (χ1v) is 11.6. The summed E-state index contributed by atoms with van der Waals surface area (Å²) in [6.07, 6.45) is 0. The van der Waals surface area contributed by atoms with Gasteiger partial charge in [0.05, 0.1) is 24.8 Å². The zero-order valence-electron chi connectivity index (χ0n) is 18.3. The van der Waals surface area contributed by atoms with E-state index in [9.17, 15) is 13.2 Å². The van der Waals surface area contributed by atoms with Gasteiger partial charge >= 0.3 is 0 Å². The summed E-state index contributed by atoms with van der Waals surface area (Å²) in [4.78, 5) is 15.4. The van der Waals surface area contributed by atoms with Gasteiger partial charge in [-0.15, -0.1) is 5.10 Å². The topological polar surface area (TPSA) is 119 Å². The Labute approximate surface area is 195 Å². The van der Waals surface area contributed by atoms with Gasteiger partial charge in [-0.3, -0.25) is 4.79 Å². The summed E-state index contributed by atoms with van der Waals surface area (Å²) in [6.45, 7) is 0. The van der Waals surface area contributed by atoms with E-state index in [2.05, 4.69) is 15.2 Å². The van der Waals surface area contributed by atoms with Crippen LogP contribution >= 0.6 is 0 Å². The lowest BCUT2D eigenvalue weighted by Gasteiger charge is -2.12. The molecule has 1 heterocycles. The fourth-order valence-electron chi connectivity index (χ4n) is 3.16. The highest BCUT2D eigenvalue weighted by Crippen LogP contribution is 2.29. The van der Waals surface area contributed by atoms with E-state index >= 15 is 0 Å². The van der Waals surface area contributed by atoms with Crippen LogP contribution in [0.4, 0.5) is 5.69 Å². The molecule has 0 aliphatic heterocycles. The van der Waals surface area contributed by atoms with Crippen molar-refractivity contribution in [1.82, 2.24) is 4.83 Å². The molecule has 0 saturated carbocycles. The van der Waals surface area contributed by atoms with Crippen molar-refractivity contribution in [3.8, 4) is 11.5 Å². The number of carbonyl (C=O) groups excluding carboxylic acids is 1. The van der Waals surface area contributed by atoms with Crippen molar-refractivity contribution in [3.63, 3.8) is 0 Å². The molecule has 10 heteroatoms. The minimum atomic E-state index is -3.97. The number of ether oxygens (including phenoxy) is 2. The molecule has 4 aromatic rings. The number of sulfonamides is 1. The number of amides is 1. The minimum Gasteiger partial charge on any atom is -0.497 e. The first-order valence-electron chi connectivity index (χ1n) is 10.1. The van der Waals surface area contributed by atoms with Gasteiger partial charge in [0.15, 0.2) is 0 Å². The molecular formula is C24H21N3O6S. The van der Waals surface area contributed by atoms with Gasteiger partial charge in [0.2, 0.25) is 5.55 Å². The number of hydrogen-bond acceptors (Lipinski definition) is 7. The molecular weight excluding hydrogens is 458 g/mol. The van der Waals surface area contributed by atoms with Crippen molar-refractivity contribution >= 4 is 32.6 Å². The lowest BCUT2D eigenvalue weighted by Crippen LogP contribution is -2.27. The molecule has 34 heavy (non-hydrogen) atoms. The number of para-hydroxylation sites is 1. The first kappa shape index (κ1) is 22.9. The zero-order valence-corrected chi connectivity index (χ0v) is 19.1. The van der Waals surface area contributed by atoms with Crippen LogP contribution in [0.15, 0.2) is 93.3 Å². The number of fused-ring (bicyclic) bond motifs is 1. The molecule has 1 aromatic heterocycles. The highest BCUT2D eigenvalue weighted by atomic mass is 32.2. The monoisotopic (exact) mass is 479 g/mol. The van der Waals surface area contributed by atoms with Gasteiger partial charge in [-0.2, -0.15) is 13.2 Å². The Morgan fingerprint density at radius 1 is 0.912 bits per heavy atom. The first-order chi connectivity index (χ1) is 16.4. The van der Waals surface area contributed by atoms with E-state index in [1.807, 2.05) is 0 Å². The fourth-order valence-corrected chi connectivity index (χ4v) is 3.98. The Morgan fingerprint density at radius 3 is 2.38 bits per heavy atom. The smallest absolute Gasteiger partial charge is 0.276 e. The molecule has 174 valence electrons.